The van der Waals surface area contributed by atoms with Crippen LogP contribution in [-0.2, 0) is 4.79 Å². The van der Waals surface area contributed by atoms with Crippen LogP contribution in [0, 0.1) is 19.8 Å². The van der Waals surface area contributed by atoms with Crippen molar-refractivity contribution in [3.05, 3.63) is 41.6 Å². The zero-order valence-corrected chi connectivity index (χ0v) is 15.6. The lowest BCUT2D eigenvalue weighted by Gasteiger charge is -2.38. The second-order valence-electron chi connectivity index (χ2n) is 7.50. The van der Waals surface area contributed by atoms with Gasteiger partial charge in [0.1, 0.15) is 5.82 Å². The van der Waals surface area contributed by atoms with E-state index in [0.717, 1.165) is 61.9 Å². The molecule has 1 aromatic carbocycles. The molecule has 5 nitrogen and oxygen atoms in total. The van der Waals surface area contributed by atoms with Crippen LogP contribution in [0.2, 0.25) is 0 Å². The van der Waals surface area contributed by atoms with Crippen molar-refractivity contribution in [1.82, 2.24) is 14.9 Å². The molecule has 0 unspecified atom stereocenters. The molecule has 2 heterocycles. The Hall–Kier alpha value is -2.43. The number of carbonyl (C=O) groups excluding carboxylic acids is 1. The molecule has 0 atom stereocenters. The van der Waals surface area contributed by atoms with E-state index >= 15 is 0 Å². The fourth-order valence-electron chi connectivity index (χ4n) is 3.70. The van der Waals surface area contributed by atoms with E-state index in [0.29, 0.717) is 5.91 Å². The smallest absolute Gasteiger partial charge is 0.225 e. The molecule has 2 aromatic rings. The van der Waals surface area contributed by atoms with Gasteiger partial charge in [-0.15, -0.1) is 0 Å². The van der Waals surface area contributed by atoms with Crippen molar-refractivity contribution in [3.8, 4) is 11.4 Å². The summed E-state index contributed by atoms with van der Waals surface area (Å²) in [4.78, 5) is 26.2. The number of nitrogens with zero attached hydrogens (tertiary/aromatic N) is 4. The molecule has 0 N–H and O–H groups in total. The van der Waals surface area contributed by atoms with Crippen molar-refractivity contribution >= 4 is 11.7 Å². The summed E-state index contributed by atoms with van der Waals surface area (Å²) < 4.78 is 0. The van der Waals surface area contributed by atoms with Crippen molar-refractivity contribution < 1.29 is 4.79 Å². The van der Waals surface area contributed by atoms with Gasteiger partial charge in [-0.05, 0) is 32.8 Å². The van der Waals surface area contributed by atoms with E-state index in [2.05, 4.69) is 35.0 Å². The van der Waals surface area contributed by atoms with Gasteiger partial charge in [-0.2, -0.15) is 0 Å². The van der Waals surface area contributed by atoms with Gasteiger partial charge in [-0.25, -0.2) is 9.97 Å². The van der Waals surface area contributed by atoms with Gasteiger partial charge in [0.25, 0.3) is 0 Å². The molecule has 0 spiro atoms. The number of benzene rings is 1. The standard InChI is InChI=1S/C21H26N4O/c1-15-5-3-8-18(13-15)20-22-16(2)14-19(23-20)24-9-11-25(12-10-24)21(26)17-6-4-7-17/h3,5,8,13-14,17H,4,6-7,9-12H2,1-2H3. The molecule has 1 aromatic heterocycles. The summed E-state index contributed by atoms with van der Waals surface area (Å²) in [5, 5.41) is 0. The SMILES string of the molecule is Cc1cccc(-c2nc(C)cc(N3CCN(C(=O)C4CCC4)CC3)n2)c1. The van der Waals surface area contributed by atoms with Gasteiger partial charge in [-0.1, -0.05) is 30.2 Å². The lowest BCUT2D eigenvalue weighted by molar-refractivity contribution is -0.138. The summed E-state index contributed by atoms with van der Waals surface area (Å²) in [5.41, 5.74) is 3.23. The van der Waals surface area contributed by atoms with E-state index in [1.54, 1.807) is 0 Å². The minimum Gasteiger partial charge on any atom is -0.353 e. The lowest BCUT2D eigenvalue weighted by atomic mass is 9.84. The van der Waals surface area contributed by atoms with Crippen LogP contribution in [0.1, 0.15) is 30.5 Å². The Labute approximate surface area is 155 Å². The topological polar surface area (TPSA) is 49.3 Å². The van der Waals surface area contributed by atoms with Gasteiger partial charge in [0, 0.05) is 49.4 Å². The van der Waals surface area contributed by atoms with Gasteiger partial charge >= 0.3 is 0 Å². The van der Waals surface area contributed by atoms with Crippen molar-refractivity contribution in [2.24, 2.45) is 5.92 Å². The molecular formula is C21H26N4O. The Morgan fingerprint density at radius 1 is 1.04 bits per heavy atom. The number of carbonyl (C=O) groups is 1. The molecule has 1 amide bonds. The molecule has 1 aliphatic carbocycles. The Morgan fingerprint density at radius 3 is 2.46 bits per heavy atom. The first-order chi connectivity index (χ1) is 12.6. The van der Waals surface area contributed by atoms with E-state index in [-0.39, 0.29) is 5.92 Å². The third-order valence-corrected chi connectivity index (χ3v) is 5.49. The number of hydrogen-bond donors (Lipinski definition) is 0. The second kappa shape index (κ2) is 7.06. The van der Waals surface area contributed by atoms with E-state index in [1.165, 1.54) is 12.0 Å². The number of aryl methyl sites for hydroxylation is 2. The van der Waals surface area contributed by atoms with Crippen LogP contribution in [0.15, 0.2) is 30.3 Å². The zero-order valence-electron chi connectivity index (χ0n) is 15.6. The van der Waals surface area contributed by atoms with Crippen LogP contribution in [0.5, 0.6) is 0 Å². The number of piperazine rings is 1. The number of anilines is 1. The number of rotatable bonds is 3. The second-order valence-corrected chi connectivity index (χ2v) is 7.50. The third-order valence-electron chi connectivity index (χ3n) is 5.49. The summed E-state index contributed by atoms with van der Waals surface area (Å²) in [6, 6.07) is 10.3. The molecule has 5 heteroatoms. The van der Waals surface area contributed by atoms with E-state index in [4.69, 9.17) is 4.98 Å². The molecular weight excluding hydrogens is 324 g/mol. The molecule has 0 radical (unpaired) electrons. The van der Waals surface area contributed by atoms with Crippen molar-refractivity contribution in [2.75, 3.05) is 31.1 Å². The Kier molecular flexibility index (Phi) is 4.62. The molecule has 136 valence electrons. The molecule has 0 bridgehead atoms. The molecule has 4 rings (SSSR count). The first-order valence-electron chi connectivity index (χ1n) is 9.56. The number of amides is 1. The average molecular weight is 350 g/mol. The molecule has 1 saturated carbocycles. The summed E-state index contributed by atoms with van der Waals surface area (Å²) in [6.07, 6.45) is 3.35. The number of aromatic nitrogens is 2. The molecule has 2 fully saturated rings. The van der Waals surface area contributed by atoms with Crippen molar-refractivity contribution in [1.29, 1.82) is 0 Å². The maximum Gasteiger partial charge on any atom is 0.225 e. The highest BCUT2D eigenvalue weighted by Gasteiger charge is 2.31. The van der Waals surface area contributed by atoms with E-state index in [9.17, 15) is 4.79 Å². The highest BCUT2D eigenvalue weighted by Crippen LogP contribution is 2.29. The summed E-state index contributed by atoms with van der Waals surface area (Å²) in [7, 11) is 0. The molecule has 1 aliphatic heterocycles. The molecule has 26 heavy (non-hydrogen) atoms. The predicted molar refractivity (Wildman–Crippen MR) is 103 cm³/mol. The molecule has 2 aliphatic rings. The zero-order chi connectivity index (χ0) is 18.1. The fraction of sp³-hybridized carbons (Fsp3) is 0.476. The predicted octanol–water partition coefficient (Wildman–Crippen LogP) is 3.21. The minimum absolute atomic E-state index is 0.288. The van der Waals surface area contributed by atoms with Crippen LogP contribution in [0.4, 0.5) is 5.82 Å². The van der Waals surface area contributed by atoms with Gasteiger partial charge in [0.15, 0.2) is 5.82 Å². The van der Waals surface area contributed by atoms with Gasteiger partial charge in [-0.3, -0.25) is 4.79 Å². The van der Waals surface area contributed by atoms with Crippen LogP contribution in [0.3, 0.4) is 0 Å². The van der Waals surface area contributed by atoms with Gasteiger partial charge in [0.2, 0.25) is 5.91 Å². The van der Waals surface area contributed by atoms with E-state index < -0.39 is 0 Å². The number of hydrogen-bond acceptors (Lipinski definition) is 4. The van der Waals surface area contributed by atoms with Gasteiger partial charge < -0.3 is 9.80 Å². The lowest BCUT2D eigenvalue weighted by Crippen LogP contribution is -2.51. The summed E-state index contributed by atoms with van der Waals surface area (Å²) in [6.45, 7) is 7.35. The van der Waals surface area contributed by atoms with Gasteiger partial charge in [0.05, 0.1) is 0 Å². The van der Waals surface area contributed by atoms with Crippen LogP contribution in [0.25, 0.3) is 11.4 Å². The largest absolute Gasteiger partial charge is 0.353 e. The fourth-order valence-corrected chi connectivity index (χ4v) is 3.70. The maximum absolute atomic E-state index is 12.4. The Bertz CT molecular complexity index is 807. The highest BCUT2D eigenvalue weighted by atomic mass is 16.2. The quantitative estimate of drug-likeness (QED) is 0.853. The van der Waals surface area contributed by atoms with Crippen LogP contribution in [-0.4, -0.2) is 47.0 Å². The van der Waals surface area contributed by atoms with Crippen LogP contribution >= 0.6 is 0 Å². The third kappa shape index (κ3) is 3.43. The summed E-state index contributed by atoms with van der Waals surface area (Å²) >= 11 is 0. The van der Waals surface area contributed by atoms with E-state index in [1.807, 2.05) is 24.0 Å². The molecule has 1 saturated heterocycles. The first-order valence-corrected chi connectivity index (χ1v) is 9.56. The first kappa shape index (κ1) is 17.0. The highest BCUT2D eigenvalue weighted by molar-refractivity contribution is 5.79. The monoisotopic (exact) mass is 350 g/mol. The average Bonchev–Trinajstić information content (AvgIpc) is 2.60. The van der Waals surface area contributed by atoms with Crippen LogP contribution < -0.4 is 4.90 Å². The summed E-state index contributed by atoms with van der Waals surface area (Å²) in [5.74, 6) is 2.38. The maximum atomic E-state index is 12.4. The van der Waals surface area contributed by atoms with Crippen molar-refractivity contribution in [3.63, 3.8) is 0 Å². The normalized spacial score (nSPS) is 17.9. The van der Waals surface area contributed by atoms with Crippen molar-refractivity contribution in [2.45, 2.75) is 33.1 Å². The Balaban J connectivity index is 1.49. The minimum atomic E-state index is 0.288. The Morgan fingerprint density at radius 2 is 1.81 bits per heavy atom.